The van der Waals surface area contributed by atoms with Crippen molar-refractivity contribution in [2.45, 2.75) is 13.5 Å². The van der Waals surface area contributed by atoms with Gasteiger partial charge in [0.1, 0.15) is 11.4 Å². The van der Waals surface area contributed by atoms with Crippen molar-refractivity contribution in [3.05, 3.63) is 42.3 Å². The third-order valence-electron chi connectivity index (χ3n) is 5.00. The van der Waals surface area contributed by atoms with Gasteiger partial charge in [-0.2, -0.15) is 0 Å². The smallest absolute Gasteiger partial charge is 0.264 e. The quantitative estimate of drug-likeness (QED) is 0.498. The molecular formula is C22H23N3O5. The van der Waals surface area contributed by atoms with Gasteiger partial charge in [-0.25, -0.2) is 0 Å². The summed E-state index contributed by atoms with van der Waals surface area (Å²) in [5.41, 5.74) is 3.42. The van der Waals surface area contributed by atoms with Crippen LogP contribution in [0, 0.1) is 6.92 Å². The molecule has 8 nitrogen and oxygen atoms in total. The number of ether oxygens (including phenoxy) is 3. The van der Waals surface area contributed by atoms with Gasteiger partial charge in [-0.05, 0) is 23.8 Å². The van der Waals surface area contributed by atoms with Crippen molar-refractivity contribution in [3.8, 4) is 40.0 Å². The molecule has 4 aromatic rings. The number of hydrogen-bond donors (Lipinski definition) is 1. The topological polar surface area (TPSA) is 91.8 Å². The van der Waals surface area contributed by atoms with E-state index in [2.05, 4.69) is 10.2 Å². The second kappa shape index (κ2) is 8.08. The Morgan fingerprint density at radius 1 is 0.967 bits per heavy atom. The number of methoxy groups -OCH3 is 3. The highest BCUT2D eigenvalue weighted by Crippen LogP contribution is 2.44. The van der Waals surface area contributed by atoms with Crippen molar-refractivity contribution in [3.63, 3.8) is 0 Å². The zero-order valence-electron chi connectivity index (χ0n) is 17.3. The maximum Gasteiger partial charge on any atom is 0.264 e. The molecule has 2 heterocycles. The van der Waals surface area contributed by atoms with E-state index in [1.807, 2.05) is 41.0 Å². The first kappa shape index (κ1) is 19.8. The fourth-order valence-electron chi connectivity index (χ4n) is 3.67. The van der Waals surface area contributed by atoms with Gasteiger partial charge in [0, 0.05) is 30.5 Å². The maximum absolute atomic E-state index is 9.77. The van der Waals surface area contributed by atoms with E-state index in [0.29, 0.717) is 29.8 Å². The molecule has 156 valence electrons. The minimum absolute atomic E-state index is 0.0553. The Morgan fingerprint density at radius 3 is 2.23 bits per heavy atom. The standard InChI is InChI=1S/C22H23N3O5/c1-13-23-24-22(30-13)21-20(14-5-7-15(27-2)8-6-14)16-11-18(28-3)19(29-4)12-17(16)25(21)9-10-26/h5-8,11-12,26H,9-10H2,1-4H3. The lowest BCUT2D eigenvalue weighted by Crippen LogP contribution is -2.04. The lowest BCUT2D eigenvalue weighted by Gasteiger charge is -2.10. The first-order valence-electron chi connectivity index (χ1n) is 9.45. The van der Waals surface area contributed by atoms with Gasteiger partial charge in [-0.3, -0.25) is 0 Å². The van der Waals surface area contributed by atoms with E-state index < -0.39 is 0 Å². The number of aromatic nitrogens is 3. The summed E-state index contributed by atoms with van der Waals surface area (Å²) in [6, 6.07) is 11.6. The molecule has 2 aromatic heterocycles. The SMILES string of the molecule is COc1ccc(-c2c(-c3nnc(C)o3)n(CCO)c3cc(OC)c(OC)cc23)cc1. The molecule has 0 aliphatic heterocycles. The molecule has 8 heteroatoms. The fourth-order valence-corrected chi connectivity index (χ4v) is 3.67. The van der Waals surface area contributed by atoms with Gasteiger partial charge in [-0.1, -0.05) is 12.1 Å². The van der Waals surface area contributed by atoms with Crippen LogP contribution in [0.2, 0.25) is 0 Å². The van der Waals surface area contributed by atoms with Crippen LogP contribution in [-0.2, 0) is 6.54 Å². The zero-order chi connectivity index (χ0) is 21.3. The summed E-state index contributed by atoms with van der Waals surface area (Å²) >= 11 is 0. The molecule has 0 amide bonds. The van der Waals surface area contributed by atoms with Crippen molar-refractivity contribution >= 4 is 10.9 Å². The van der Waals surface area contributed by atoms with E-state index in [0.717, 1.165) is 33.5 Å². The Morgan fingerprint density at radius 2 is 1.67 bits per heavy atom. The Bertz CT molecular complexity index is 1180. The Kier molecular flexibility index (Phi) is 5.33. The maximum atomic E-state index is 9.77. The van der Waals surface area contributed by atoms with Crippen LogP contribution in [0.1, 0.15) is 5.89 Å². The van der Waals surface area contributed by atoms with Gasteiger partial charge in [-0.15, -0.1) is 10.2 Å². The molecule has 0 unspecified atom stereocenters. The average molecular weight is 409 g/mol. The van der Waals surface area contributed by atoms with Gasteiger partial charge in [0.25, 0.3) is 5.89 Å². The number of aryl methyl sites for hydroxylation is 1. The van der Waals surface area contributed by atoms with Crippen LogP contribution in [0.3, 0.4) is 0 Å². The molecule has 0 aliphatic rings. The van der Waals surface area contributed by atoms with Crippen LogP contribution in [0.25, 0.3) is 33.6 Å². The first-order valence-corrected chi connectivity index (χ1v) is 9.45. The van der Waals surface area contributed by atoms with E-state index in [-0.39, 0.29) is 6.61 Å². The molecule has 4 rings (SSSR count). The van der Waals surface area contributed by atoms with Gasteiger partial charge >= 0.3 is 0 Å². The zero-order valence-corrected chi connectivity index (χ0v) is 17.3. The summed E-state index contributed by atoms with van der Waals surface area (Å²) in [7, 11) is 4.82. The highest BCUT2D eigenvalue weighted by molar-refractivity contribution is 6.05. The first-order chi connectivity index (χ1) is 14.6. The number of aliphatic hydroxyl groups is 1. The fraction of sp³-hybridized carbons (Fsp3) is 0.273. The number of rotatable bonds is 7. The molecule has 0 atom stereocenters. The molecule has 0 fully saturated rings. The predicted octanol–water partition coefficient (Wildman–Crippen LogP) is 3.68. The third kappa shape index (κ3) is 3.25. The minimum Gasteiger partial charge on any atom is -0.497 e. The number of hydrogen-bond acceptors (Lipinski definition) is 7. The molecule has 2 aromatic carbocycles. The molecule has 30 heavy (non-hydrogen) atoms. The summed E-state index contributed by atoms with van der Waals surface area (Å²) < 4.78 is 24.1. The Hall–Kier alpha value is -3.52. The molecule has 0 bridgehead atoms. The van der Waals surface area contributed by atoms with Crippen LogP contribution in [0.4, 0.5) is 0 Å². The Labute approximate surface area is 173 Å². The van der Waals surface area contributed by atoms with E-state index in [4.69, 9.17) is 18.6 Å². The van der Waals surface area contributed by atoms with Crippen LogP contribution >= 0.6 is 0 Å². The molecule has 0 saturated carbocycles. The second-order valence-corrected chi connectivity index (χ2v) is 6.68. The van der Waals surface area contributed by atoms with E-state index >= 15 is 0 Å². The van der Waals surface area contributed by atoms with Crippen molar-refractivity contribution in [1.82, 2.24) is 14.8 Å². The van der Waals surface area contributed by atoms with Crippen molar-refractivity contribution in [2.75, 3.05) is 27.9 Å². The number of benzene rings is 2. The van der Waals surface area contributed by atoms with Crippen LogP contribution in [0.5, 0.6) is 17.2 Å². The van der Waals surface area contributed by atoms with E-state index in [1.165, 1.54) is 0 Å². The minimum atomic E-state index is -0.0553. The monoisotopic (exact) mass is 409 g/mol. The normalized spacial score (nSPS) is 11.1. The van der Waals surface area contributed by atoms with Crippen molar-refractivity contribution in [2.24, 2.45) is 0 Å². The number of aliphatic hydroxyl groups excluding tert-OH is 1. The van der Waals surface area contributed by atoms with Crippen LogP contribution < -0.4 is 14.2 Å². The highest BCUT2D eigenvalue weighted by atomic mass is 16.5. The average Bonchev–Trinajstić information content (AvgIpc) is 3.33. The lowest BCUT2D eigenvalue weighted by atomic mass is 10.0. The summed E-state index contributed by atoms with van der Waals surface area (Å²) in [6.07, 6.45) is 0. The molecule has 0 aliphatic carbocycles. The molecular weight excluding hydrogens is 386 g/mol. The molecule has 0 spiro atoms. The van der Waals surface area contributed by atoms with E-state index in [9.17, 15) is 5.11 Å². The van der Waals surface area contributed by atoms with Gasteiger partial charge < -0.3 is 28.3 Å². The second-order valence-electron chi connectivity index (χ2n) is 6.68. The number of nitrogens with zero attached hydrogens (tertiary/aromatic N) is 3. The predicted molar refractivity (Wildman–Crippen MR) is 112 cm³/mol. The lowest BCUT2D eigenvalue weighted by molar-refractivity contribution is 0.278. The summed E-state index contributed by atoms with van der Waals surface area (Å²) in [5, 5.41) is 18.9. The summed E-state index contributed by atoms with van der Waals surface area (Å²) in [5.74, 6) is 2.79. The van der Waals surface area contributed by atoms with Crippen molar-refractivity contribution < 1.29 is 23.7 Å². The highest BCUT2D eigenvalue weighted by Gasteiger charge is 2.25. The van der Waals surface area contributed by atoms with Crippen molar-refractivity contribution in [1.29, 1.82) is 0 Å². The van der Waals surface area contributed by atoms with Gasteiger partial charge in [0.05, 0.1) is 33.5 Å². The van der Waals surface area contributed by atoms with E-state index in [1.54, 1.807) is 28.3 Å². The van der Waals surface area contributed by atoms with Crippen LogP contribution in [0.15, 0.2) is 40.8 Å². The molecule has 0 saturated heterocycles. The molecule has 1 N–H and O–H groups in total. The number of fused-ring (bicyclic) bond motifs is 1. The Balaban J connectivity index is 2.11. The van der Waals surface area contributed by atoms with Gasteiger partial charge in [0.2, 0.25) is 5.89 Å². The molecule has 0 radical (unpaired) electrons. The third-order valence-corrected chi connectivity index (χ3v) is 5.00. The largest absolute Gasteiger partial charge is 0.497 e. The summed E-state index contributed by atoms with van der Waals surface area (Å²) in [4.78, 5) is 0. The summed E-state index contributed by atoms with van der Waals surface area (Å²) in [6.45, 7) is 2.04. The van der Waals surface area contributed by atoms with Gasteiger partial charge in [0.15, 0.2) is 11.5 Å². The van der Waals surface area contributed by atoms with Crippen LogP contribution in [-0.4, -0.2) is 47.8 Å².